The molecule has 7 heteroatoms. The molecule has 2 aliphatic rings. The third-order valence-electron chi connectivity index (χ3n) is 4.02. The van der Waals surface area contributed by atoms with Gasteiger partial charge in [0.25, 0.3) is 0 Å². The van der Waals surface area contributed by atoms with Crippen LogP contribution in [0.15, 0.2) is 6.07 Å². The molecule has 1 atom stereocenters. The lowest BCUT2D eigenvalue weighted by Crippen LogP contribution is -2.40. The lowest BCUT2D eigenvalue weighted by molar-refractivity contribution is -0.134. The molecule has 5 nitrogen and oxygen atoms in total. The zero-order valence-corrected chi connectivity index (χ0v) is 12.0. The third kappa shape index (κ3) is 2.30. The number of carbonyl (C=O) groups is 2. The van der Waals surface area contributed by atoms with E-state index in [0.717, 1.165) is 0 Å². The Kier molecular flexibility index (Phi) is 3.72. The van der Waals surface area contributed by atoms with Gasteiger partial charge >= 0.3 is 0 Å². The molecule has 3 rings (SSSR count). The number of anilines is 1. The lowest BCUT2D eigenvalue weighted by atomic mass is 9.89. The Balaban J connectivity index is 2.04. The molecule has 1 radical (unpaired) electrons. The number of ether oxygens (including phenoxy) is 1. The molecule has 1 aromatic rings. The molecule has 22 heavy (non-hydrogen) atoms. The molecule has 0 saturated carbocycles. The predicted octanol–water partition coefficient (Wildman–Crippen LogP) is 1.52. The van der Waals surface area contributed by atoms with Gasteiger partial charge in [0.05, 0.1) is 18.7 Å². The number of halogens is 2. The summed E-state index contributed by atoms with van der Waals surface area (Å²) < 4.78 is 34.2. The molecule has 2 saturated heterocycles. The highest BCUT2D eigenvalue weighted by Gasteiger charge is 2.35. The van der Waals surface area contributed by atoms with Gasteiger partial charge in [0.1, 0.15) is 5.82 Å². The summed E-state index contributed by atoms with van der Waals surface area (Å²) in [6.45, 7) is 1.18. The summed E-state index contributed by atoms with van der Waals surface area (Å²) in [7, 11) is 1.30. The van der Waals surface area contributed by atoms with Crippen molar-refractivity contribution in [2.45, 2.75) is 18.8 Å². The zero-order chi connectivity index (χ0) is 15.9. The zero-order valence-electron chi connectivity index (χ0n) is 12.0. The number of carbonyl (C=O) groups excluding carboxylic acids is 2. The Morgan fingerprint density at radius 1 is 1.32 bits per heavy atom. The summed E-state index contributed by atoms with van der Waals surface area (Å²) >= 11 is 0. The maximum absolute atomic E-state index is 14.7. The van der Waals surface area contributed by atoms with Gasteiger partial charge in [-0.05, 0) is 6.42 Å². The van der Waals surface area contributed by atoms with Crippen molar-refractivity contribution in [1.29, 1.82) is 0 Å². The lowest BCUT2D eigenvalue weighted by Gasteiger charge is -2.34. The van der Waals surface area contributed by atoms with Crippen LogP contribution in [0.4, 0.5) is 14.5 Å². The van der Waals surface area contributed by atoms with Crippen LogP contribution >= 0.6 is 0 Å². The number of benzene rings is 1. The van der Waals surface area contributed by atoms with Crippen molar-refractivity contribution in [2.75, 3.05) is 25.1 Å². The van der Waals surface area contributed by atoms with E-state index in [-0.39, 0.29) is 24.2 Å². The van der Waals surface area contributed by atoms with Crippen molar-refractivity contribution >= 4 is 17.5 Å². The summed E-state index contributed by atoms with van der Waals surface area (Å²) in [5.41, 5.74) is -0.00820. The number of methoxy groups -OCH3 is 1. The first-order valence-electron chi connectivity index (χ1n) is 6.99. The number of nitrogens with one attached hydrogen (secondary N) is 1. The first-order chi connectivity index (χ1) is 10.5. The van der Waals surface area contributed by atoms with Gasteiger partial charge in [0, 0.05) is 37.6 Å². The number of hydrogen-bond donors (Lipinski definition) is 1. The van der Waals surface area contributed by atoms with Gasteiger partial charge in [-0.15, -0.1) is 0 Å². The van der Waals surface area contributed by atoms with E-state index in [4.69, 9.17) is 4.74 Å². The van der Waals surface area contributed by atoms with E-state index in [1.165, 1.54) is 13.2 Å². The van der Waals surface area contributed by atoms with Crippen molar-refractivity contribution < 1.29 is 23.1 Å². The minimum Gasteiger partial charge on any atom is -0.492 e. The Bertz CT molecular complexity index is 644. The van der Waals surface area contributed by atoms with Gasteiger partial charge in [0.15, 0.2) is 11.6 Å². The van der Waals surface area contributed by atoms with Crippen molar-refractivity contribution in [3.8, 4) is 5.75 Å². The van der Waals surface area contributed by atoms with Crippen LogP contribution in [0, 0.1) is 18.1 Å². The monoisotopic (exact) mass is 309 g/mol. The van der Waals surface area contributed by atoms with Crippen LogP contribution in [0.2, 0.25) is 0 Å². The minimum atomic E-state index is -1.02. The molecule has 2 heterocycles. The molecule has 2 amide bonds. The number of hydrogen-bond acceptors (Lipinski definition) is 4. The van der Waals surface area contributed by atoms with Gasteiger partial charge in [0.2, 0.25) is 11.8 Å². The molecule has 2 fully saturated rings. The second kappa shape index (κ2) is 5.55. The van der Waals surface area contributed by atoms with Gasteiger partial charge in [-0.25, -0.2) is 8.78 Å². The van der Waals surface area contributed by atoms with E-state index in [2.05, 4.69) is 5.32 Å². The largest absolute Gasteiger partial charge is 0.492 e. The number of rotatable bonds is 3. The molecule has 0 aromatic heterocycles. The molecule has 0 bridgehead atoms. The molecule has 0 aliphatic carbocycles. The predicted molar refractivity (Wildman–Crippen MR) is 74.5 cm³/mol. The van der Waals surface area contributed by atoms with Crippen LogP contribution in [0.25, 0.3) is 0 Å². The maximum Gasteiger partial charge on any atom is 0.234 e. The number of amides is 2. The minimum absolute atomic E-state index is 0.0560. The first kappa shape index (κ1) is 14.7. The average molecular weight is 309 g/mol. The van der Waals surface area contributed by atoms with Crippen LogP contribution in [0.1, 0.15) is 24.3 Å². The molecule has 2 aliphatic heterocycles. The van der Waals surface area contributed by atoms with Crippen LogP contribution in [0.3, 0.4) is 0 Å². The summed E-state index contributed by atoms with van der Waals surface area (Å²) in [5.74, 6) is -3.88. The summed E-state index contributed by atoms with van der Waals surface area (Å²) in [6, 6.07) is 1.19. The van der Waals surface area contributed by atoms with Crippen molar-refractivity contribution in [1.82, 2.24) is 5.32 Å². The van der Waals surface area contributed by atoms with E-state index in [0.29, 0.717) is 18.8 Å². The Morgan fingerprint density at radius 2 is 2.05 bits per heavy atom. The molecular weight excluding hydrogens is 294 g/mol. The number of piperidine rings is 1. The van der Waals surface area contributed by atoms with Gasteiger partial charge in [-0.2, -0.15) is 0 Å². The SMILES string of the molecule is COc1c(N2C[CH]C2)cc(F)c([C@@H]2CCC(=O)NC2=O)c1F. The Labute approximate surface area is 126 Å². The van der Waals surface area contributed by atoms with Crippen molar-refractivity contribution in [2.24, 2.45) is 0 Å². The van der Waals surface area contributed by atoms with Crippen LogP contribution < -0.4 is 15.0 Å². The van der Waals surface area contributed by atoms with E-state index in [1.807, 2.05) is 6.42 Å². The van der Waals surface area contributed by atoms with Crippen LogP contribution in [-0.4, -0.2) is 32.0 Å². The Hall–Kier alpha value is -2.18. The van der Waals surface area contributed by atoms with Crippen LogP contribution in [0.5, 0.6) is 5.75 Å². The van der Waals surface area contributed by atoms with Gasteiger partial charge in [-0.3, -0.25) is 14.9 Å². The van der Waals surface area contributed by atoms with Gasteiger partial charge in [-0.1, -0.05) is 0 Å². The normalized spacial score (nSPS) is 21.4. The third-order valence-corrected chi connectivity index (χ3v) is 4.02. The maximum atomic E-state index is 14.7. The smallest absolute Gasteiger partial charge is 0.234 e. The van der Waals surface area contributed by atoms with Gasteiger partial charge < -0.3 is 9.64 Å². The molecular formula is C15H15F2N2O3. The fourth-order valence-electron chi connectivity index (χ4n) is 2.78. The van der Waals surface area contributed by atoms with Crippen LogP contribution in [-0.2, 0) is 9.59 Å². The highest BCUT2D eigenvalue weighted by molar-refractivity contribution is 6.01. The second-order valence-corrected chi connectivity index (χ2v) is 5.34. The Morgan fingerprint density at radius 3 is 2.59 bits per heavy atom. The standard InChI is InChI=1S/C15H15F2N2O3/c1-22-14-10(19-5-2-6-19)7-9(16)12(13(14)17)8-3-4-11(20)18-15(8)21/h2,7-8H,3-6H2,1H3,(H,18,20,21)/t8-/m0/s1. The quantitative estimate of drug-likeness (QED) is 0.860. The van der Waals surface area contributed by atoms with E-state index in [9.17, 15) is 18.4 Å². The highest BCUT2D eigenvalue weighted by Crippen LogP contribution is 2.40. The van der Waals surface area contributed by atoms with Crippen molar-refractivity contribution in [3.05, 3.63) is 29.7 Å². The van der Waals surface area contributed by atoms with E-state index in [1.54, 1.807) is 4.90 Å². The molecule has 0 unspecified atom stereocenters. The topological polar surface area (TPSA) is 58.6 Å². The van der Waals surface area contributed by atoms with Crippen molar-refractivity contribution in [3.63, 3.8) is 0 Å². The highest BCUT2D eigenvalue weighted by atomic mass is 19.1. The summed E-state index contributed by atoms with van der Waals surface area (Å²) in [6.07, 6.45) is 2.10. The number of imide groups is 1. The van der Waals surface area contributed by atoms with E-state index < -0.39 is 29.4 Å². The summed E-state index contributed by atoms with van der Waals surface area (Å²) in [4.78, 5) is 24.8. The first-order valence-corrected chi connectivity index (χ1v) is 6.99. The fourth-order valence-corrected chi connectivity index (χ4v) is 2.78. The molecule has 1 aromatic carbocycles. The average Bonchev–Trinajstić information content (AvgIpc) is 2.39. The molecule has 1 N–H and O–H groups in total. The van der Waals surface area contributed by atoms with E-state index >= 15 is 0 Å². The number of nitrogens with zero attached hydrogens (tertiary/aromatic N) is 1. The molecule has 117 valence electrons. The summed E-state index contributed by atoms with van der Waals surface area (Å²) in [5, 5.41) is 2.11. The fraction of sp³-hybridized carbons (Fsp3) is 0.400. The second-order valence-electron chi connectivity index (χ2n) is 5.34. The molecule has 0 spiro atoms.